The lowest BCUT2D eigenvalue weighted by Crippen LogP contribution is -2.54. The predicted molar refractivity (Wildman–Crippen MR) is 166 cm³/mol. The van der Waals surface area contributed by atoms with E-state index in [4.69, 9.17) is 16.3 Å². The Hall–Kier alpha value is -3.56. The minimum Gasteiger partial charge on any atom is -0.457 e. The van der Waals surface area contributed by atoms with Crippen LogP contribution in [0.2, 0.25) is 5.02 Å². The Balaban J connectivity index is 1.58. The normalized spacial score (nSPS) is 14.5. The minimum atomic E-state index is -3.86. The number of nitrogens with zero attached hydrogens (tertiary/aromatic N) is 2. The number of halogens is 1. The number of carbonyl (C=O) groups excluding carboxylic acids is 2. The molecule has 2 amide bonds. The molecule has 42 heavy (non-hydrogen) atoms. The maximum atomic E-state index is 14.0. The second-order valence-corrected chi connectivity index (χ2v) is 12.9. The summed E-state index contributed by atoms with van der Waals surface area (Å²) >= 11 is 6.45. The summed E-state index contributed by atoms with van der Waals surface area (Å²) in [6.07, 6.45) is 6.50. The van der Waals surface area contributed by atoms with Crippen molar-refractivity contribution in [2.75, 3.05) is 17.1 Å². The Morgan fingerprint density at radius 1 is 0.929 bits per heavy atom. The number of rotatable bonds is 12. The lowest BCUT2D eigenvalue weighted by Gasteiger charge is -2.34. The molecule has 3 aromatic carbocycles. The number of ether oxygens (including phenoxy) is 1. The van der Waals surface area contributed by atoms with Crippen molar-refractivity contribution in [3.05, 3.63) is 89.4 Å². The molecule has 0 radical (unpaired) electrons. The van der Waals surface area contributed by atoms with Gasteiger partial charge in [0, 0.05) is 17.6 Å². The second-order valence-electron chi connectivity index (χ2n) is 10.6. The fraction of sp³-hybridized carbons (Fsp3) is 0.375. The van der Waals surface area contributed by atoms with Crippen LogP contribution in [0, 0.1) is 0 Å². The fourth-order valence-corrected chi connectivity index (χ4v) is 6.24. The Morgan fingerprint density at radius 2 is 1.55 bits per heavy atom. The summed E-state index contributed by atoms with van der Waals surface area (Å²) in [7, 11) is -3.86. The number of benzene rings is 3. The number of hydrogen-bond acceptors (Lipinski definition) is 5. The molecule has 0 heterocycles. The van der Waals surface area contributed by atoms with Crippen LogP contribution in [-0.4, -0.2) is 50.0 Å². The van der Waals surface area contributed by atoms with Gasteiger partial charge in [-0.3, -0.25) is 13.9 Å². The van der Waals surface area contributed by atoms with E-state index in [2.05, 4.69) is 5.32 Å². The van der Waals surface area contributed by atoms with Crippen LogP contribution in [-0.2, 0) is 26.2 Å². The molecule has 0 bridgehead atoms. The van der Waals surface area contributed by atoms with Crippen LogP contribution in [0.15, 0.2) is 78.9 Å². The summed E-state index contributed by atoms with van der Waals surface area (Å²) in [4.78, 5) is 28.9. The van der Waals surface area contributed by atoms with Gasteiger partial charge >= 0.3 is 0 Å². The first kappa shape index (κ1) is 31.4. The molecule has 0 aromatic heterocycles. The van der Waals surface area contributed by atoms with Gasteiger partial charge in [-0.05, 0) is 67.3 Å². The van der Waals surface area contributed by atoms with Crippen molar-refractivity contribution >= 4 is 39.1 Å². The number of carbonyl (C=O) groups is 2. The number of amides is 2. The summed E-state index contributed by atoms with van der Waals surface area (Å²) in [5.41, 5.74) is 0.980. The molecule has 1 saturated carbocycles. The third kappa shape index (κ3) is 8.49. The highest BCUT2D eigenvalue weighted by molar-refractivity contribution is 7.92. The summed E-state index contributed by atoms with van der Waals surface area (Å²) < 4.78 is 32.8. The number of nitrogens with one attached hydrogen (secondary N) is 1. The smallest absolute Gasteiger partial charge is 0.244 e. The van der Waals surface area contributed by atoms with E-state index in [1.807, 2.05) is 43.3 Å². The molecule has 1 aliphatic carbocycles. The van der Waals surface area contributed by atoms with Gasteiger partial charge in [-0.15, -0.1) is 0 Å². The summed E-state index contributed by atoms with van der Waals surface area (Å²) in [6, 6.07) is 22.1. The van der Waals surface area contributed by atoms with Gasteiger partial charge in [0.2, 0.25) is 21.8 Å². The SMILES string of the molecule is CC[C@H](C(=O)NC1CCCCC1)N(Cc1ccccc1Cl)C(=O)CN(c1ccc(Oc2ccccc2)cc1)S(C)(=O)=O. The topological polar surface area (TPSA) is 96.0 Å². The van der Waals surface area contributed by atoms with Crippen LogP contribution >= 0.6 is 11.6 Å². The van der Waals surface area contributed by atoms with Crippen LogP contribution in [0.1, 0.15) is 51.0 Å². The number of para-hydroxylation sites is 1. The standard InChI is InChI=1S/C32H38ClN3O5S/c1-3-30(32(38)34-25-13-6-4-7-14-25)35(22-24-12-10-11-17-29(24)33)31(37)23-36(42(2,39)40)26-18-20-28(21-19-26)41-27-15-8-5-9-16-27/h5,8-12,15-21,25,30H,3-4,6-7,13-14,22-23H2,1-2H3,(H,34,38)/t30-/m1/s1. The van der Waals surface area contributed by atoms with Gasteiger partial charge in [0.05, 0.1) is 11.9 Å². The molecule has 0 spiro atoms. The van der Waals surface area contributed by atoms with Crippen molar-refractivity contribution in [1.29, 1.82) is 0 Å². The van der Waals surface area contributed by atoms with E-state index in [9.17, 15) is 18.0 Å². The summed E-state index contributed by atoms with van der Waals surface area (Å²) in [5, 5.41) is 3.60. The Kier molecular flexibility index (Phi) is 10.9. The van der Waals surface area contributed by atoms with Crippen molar-refractivity contribution in [1.82, 2.24) is 10.2 Å². The molecule has 1 N–H and O–H groups in total. The van der Waals surface area contributed by atoms with Gasteiger partial charge in [0.15, 0.2) is 0 Å². The fourth-order valence-electron chi connectivity index (χ4n) is 5.19. The molecule has 4 rings (SSSR count). The lowest BCUT2D eigenvalue weighted by molar-refractivity contribution is -0.140. The Labute approximate surface area is 253 Å². The highest BCUT2D eigenvalue weighted by Crippen LogP contribution is 2.27. The van der Waals surface area contributed by atoms with E-state index in [0.717, 1.165) is 42.7 Å². The monoisotopic (exact) mass is 611 g/mol. The van der Waals surface area contributed by atoms with Crippen molar-refractivity contribution in [2.45, 2.75) is 64.1 Å². The van der Waals surface area contributed by atoms with Gasteiger partial charge in [0.25, 0.3) is 0 Å². The van der Waals surface area contributed by atoms with Crippen molar-refractivity contribution < 1.29 is 22.7 Å². The van der Waals surface area contributed by atoms with Gasteiger partial charge in [-0.1, -0.05) is 74.2 Å². The van der Waals surface area contributed by atoms with Crippen LogP contribution in [0.5, 0.6) is 11.5 Å². The Bertz CT molecular complexity index is 1440. The van der Waals surface area contributed by atoms with E-state index in [1.54, 1.807) is 42.5 Å². The van der Waals surface area contributed by atoms with E-state index in [0.29, 0.717) is 34.2 Å². The molecule has 0 unspecified atom stereocenters. The molecule has 10 heteroatoms. The summed E-state index contributed by atoms with van der Waals surface area (Å²) in [6.45, 7) is 1.43. The maximum Gasteiger partial charge on any atom is 0.244 e. The first-order valence-electron chi connectivity index (χ1n) is 14.3. The molecule has 0 saturated heterocycles. The van der Waals surface area contributed by atoms with Crippen molar-refractivity contribution in [3.8, 4) is 11.5 Å². The largest absolute Gasteiger partial charge is 0.457 e. The van der Waals surface area contributed by atoms with Crippen LogP contribution in [0.4, 0.5) is 5.69 Å². The third-order valence-electron chi connectivity index (χ3n) is 7.42. The molecule has 0 aliphatic heterocycles. The number of hydrogen-bond donors (Lipinski definition) is 1. The molecule has 3 aromatic rings. The van der Waals surface area contributed by atoms with Gasteiger partial charge in [-0.2, -0.15) is 0 Å². The summed E-state index contributed by atoms with van der Waals surface area (Å²) in [5.74, 6) is 0.428. The first-order valence-corrected chi connectivity index (χ1v) is 16.5. The van der Waals surface area contributed by atoms with Crippen molar-refractivity contribution in [3.63, 3.8) is 0 Å². The van der Waals surface area contributed by atoms with Crippen LogP contribution in [0.3, 0.4) is 0 Å². The highest BCUT2D eigenvalue weighted by atomic mass is 35.5. The maximum absolute atomic E-state index is 14.0. The third-order valence-corrected chi connectivity index (χ3v) is 8.93. The van der Waals surface area contributed by atoms with Crippen LogP contribution < -0.4 is 14.4 Å². The Morgan fingerprint density at radius 3 is 2.17 bits per heavy atom. The minimum absolute atomic E-state index is 0.0660. The molecule has 1 fully saturated rings. The average Bonchev–Trinajstić information content (AvgIpc) is 2.97. The van der Waals surface area contributed by atoms with E-state index < -0.39 is 28.5 Å². The zero-order valence-corrected chi connectivity index (χ0v) is 25.6. The zero-order valence-electron chi connectivity index (χ0n) is 24.0. The average molecular weight is 612 g/mol. The van der Waals surface area contributed by atoms with E-state index in [1.165, 1.54) is 4.90 Å². The molecular weight excluding hydrogens is 574 g/mol. The quantitative estimate of drug-likeness (QED) is 0.265. The highest BCUT2D eigenvalue weighted by Gasteiger charge is 2.33. The van der Waals surface area contributed by atoms with E-state index >= 15 is 0 Å². The second kappa shape index (κ2) is 14.6. The van der Waals surface area contributed by atoms with Crippen LogP contribution in [0.25, 0.3) is 0 Å². The number of sulfonamides is 1. The van der Waals surface area contributed by atoms with Gasteiger partial charge < -0.3 is 15.0 Å². The number of anilines is 1. The molecular formula is C32H38ClN3O5S. The van der Waals surface area contributed by atoms with Gasteiger partial charge in [-0.25, -0.2) is 8.42 Å². The predicted octanol–water partition coefficient (Wildman–Crippen LogP) is 6.15. The van der Waals surface area contributed by atoms with Crippen molar-refractivity contribution in [2.24, 2.45) is 0 Å². The molecule has 224 valence electrons. The molecule has 8 nitrogen and oxygen atoms in total. The lowest BCUT2D eigenvalue weighted by atomic mass is 9.95. The first-order chi connectivity index (χ1) is 20.2. The van der Waals surface area contributed by atoms with Gasteiger partial charge in [0.1, 0.15) is 24.1 Å². The zero-order chi connectivity index (χ0) is 30.1. The molecule has 1 aliphatic rings. The van der Waals surface area contributed by atoms with E-state index in [-0.39, 0.29) is 18.5 Å². The molecule has 1 atom stereocenters.